The standard InChI is InChI=1S/C17H28N8/c1-13-21-22-16(25(13)4)10-18-17(20-15-7-5-6-8-15)23(2)11-14-9-19-24(3)12-14/h9,12,15H,5-8,10-11H2,1-4H3,(H,18,20). The Kier molecular flexibility index (Phi) is 5.35. The molecule has 2 aromatic rings. The minimum Gasteiger partial charge on any atom is -0.353 e. The van der Waals surface area contributed by atoms with Crippen molar-refractivity contribution in [3.8, 4) is 0 Å². The first kappa shape index (κ1) is 17.4. The van der Waals surface area contributed by atoms with Gasteiger partial charge in [0.15, 0.2) is 11.8 Å². The van der Waals surface area contributed by atoms with E-state index >= 15 is 0 Å². The molecule has 0 spiro atoms. The van der Waals surface area contributed by atoms with Gasteiger partial charge in [0.25, 0.3) is 0 Å². The van der Waals surface area contributed by atoms with E-state index in [9.17, 15) is 0 Å². The first-order valence-electron chi connectivity index (χ1n) is 8.87. The monoisotopic (exact) mass is 344 g/mol. The zero-order valence-corrected chi connectivity index (χ0v) is 15.6. The van der Waals surface area contributed by atoms with E-state index in [2.05, 4.69) is 32.6 Å². The summed E-state index contributed by atoms with van der Waals surface area (Å²) in [6, 6.07) is 0.510. The van der Waals surface area contributed by atoms with Crippen molar-refractivity contribution in [2.45, 2.75) is 51.7 Å². The molecule has 0 unspecified atom stereocenters. The van der Waals surface area contributed by atoms with Gasteiger partial charge in [-0.2, -0.15) is 5.10 Å². The molecular weight excluding hydrogens is 316 g/mol. The van der Waals surface area contributed by atoms with Crippen molar-refractivity contribution in [1.29, 1.82) is 0 Å². The van der Waals surface area contributed by atoms with Gasteiger partial charge >= 0.3 is 0 Å². The van der Waals surface area contributed by atoms with Crippen LogP contribution in [0.4, 0.5) is 0 Å². The molecule has 0 aromatic carbocycles. The SMILES string of the molecule is Cc1nnc(CN=C(NC2CCCC2)N(C)Cc2cnn(C)c2)n1C. The Morgan fingerprint density at radius 3 is 2.68 bits per heavy atom. The van der Waals surface area contributed by atoms with Crippen LogP contribution in [0, 0.1) is 6.92 Å². The Bertz CT molecular complexity index is 723. The van der Waals surface area contributed by atoms with Gasteiger partial charge in [-0.15, -0.1) is 10.2 Å². The van der Waals surface area contributed by atoms with Gasteiger partial charge in [0.1, 0.15) is 12.4 Å². The van der Waals surface area contributed by atoms with E-state index in [0.29, 0.717) is 12.6 Å². The highest BCUT2D eigenvalue weighted by Gasteiger charge is 2.18. The van der Waals surface area contributed by atoms with Gasteiger partial charge in [0, 0.05) is 45.5 Å². The number of hydrogen-bond donors (Lipinski definition) is 1. The van der Waals surface area contributed by atoms with E-state index in [0.717, 1.165) is 24.2 Å². The molecule has 0 atom stereocenters. The Morgan fingerprint density at radius 2 is 2.08 bits per heavy atom. The summed E-state index contributed by atoms with van der Waals surface area (Å²) in [7, 11) is 5.98. The summed E-state index contributed by atoms with van der Waals surface area (Å²) >= 11 is 0. The molecule has 0 radical (unpaired) electrons. The van der Waals surface area contributed by atoms with Gasteiger partial charge in [0.05, 0.1) is 6.20 Å². The van der Waals surface area contributed by atoms with Crippen LogP contribution in [-0.4, -0.2) is 48.5 Å². The van der Waals surface area contributed by atoms with Crippen molar-refractivity contribution >= 4 is 5.96 Å². The molecule has 3 rings (SSSR count). The van der Waals surface area contributed by atoms with Crippen molar-refractivity contribution in [2.24, 2.45) is 19.1 Å². The molecule has 1 N–H and O–H groups in total. The number of aromatic nitrogens is 5. The molecule has 1 aliphatic rings. The molecule has 1 saturated carbocycles. The molecule has 25 heavy (non-hydrogen) atoms. The molecule has 2 aromatic heterocycles. The average molecular weight is 344 g/mol. The van der Waals surface area contributed by atoms with E-state index in [4.69, 9.17) is 4.99 Å². The lowest BCUT2D eigenvalue weighted by molar-refractivity contribution is 0.456. The maximum Gasteiger partial charge on any atom is 0.194 e. The number of guanidine groups is 1. The van der Waals surface area contributed by atoms with Crippen LogP contribution in [0.2, 0.25) is 0 Å². The van der Waals surface area contributed by atoms with Crippen LogP contribution < -0.4 is 5.32 Å². The van der Waals surface area contributed by atoms with Crippen molar-refractivity contribution in [3.63, 3.8) is 0 Å². The van der Waals surface area contributed by atoms with Gasteiger partial charge in [-0.3, -0.25) is 4.68 Å². The van der Waals surface area contributed by atoms with Crippen LogP contribution in [0.3, 0.4) is 0 Å². The topological polar surface area (TPSA) is 76.2 Å². The number of nitrogens with one attached hydrogen (secondary N) is 1. The van der Waals surface area contributed by atoms with Crippen molar-refractivity contribution in [2.75, 3.05) is 7.05 Å². The molecule has 0 bridgehead atoms. The minimum absolute atomic E-state index is 0.510. The fourth-order valence-electron chi connectivity index (χ4n) is 3.17. The number of rotatable bonds is 5. The molecule has 0 aliphatic heterocycles. The van der Waals surface area contributed by atoms with Gasteiger partial charge in [-0.1, -0.05) is 12.8 Å². The summed E-state index contributed by atoms with van der Waals surface area (Å²) in [5.74, 6) is 2.69. The number of aliphatic imine (C=N–C) groups is 1. The fourth-order valence-corrected chi connectivity index (χ4v) is 3.17. The maximum atomic E-state index is 4.82. The van der Waals surface area contributed by atoms with E-state index in [1.165, 1.54) is 31.2 Å². The van der Waals surface area contributed by atoms with Crippen molar-refractivity contribution in [1.82, 2.24) is 34.8 Å². The predicted molar refractivity (Wildman–Crippen MR) is 96.9 cm³/mol. The van der Waals surface area contributed by atoms with Crippen LogP contribution in [0.15, 0.2) is 17.4 Å². The molecule has 1 aliphatic carbocycles. The average Bonchev–Trinajstić information content (AvgIpc) is 3.30. The Balaban J connectivity index is 1.73. The van der Waals surface area contributed by atoms with E-state index in [1.54, 1.807) is 0 Å². The van der Waals surface area contributed by atoms with E-state index in [-0.39, 0.29) is 0 Å². The number of nitrogens with zero attached hydrogens (tertiary/aromatic N) is 7. The molecular formula is C17H28N8. The zero-order valence-electron chi connectivity index (χ0n) is 15.6. The Morgan fingerprint density at radius 1 is 1.32 bits per heavy atom. The van der Waals surface area contributed by atoms with E-state index in [1.807, 2.05) is 42.7 Å². The number of aryl methyl sites for hydroxylation is 2. The molecule has 1 fully saturated rings. The minimum atomic E-state index is 0.510. The largest absolute Gasteiger partial charge is 0.353 e. The van der Waals surface area contributed by atoms with Crippen LogP contribution in [-0.2, 0) is 27.2 Å². The summed E-state index contributed by atoms with van der Waals surface area (Å²) in [4.78, 5) is 6.97. The second kappa shape index (κ2) is 7.67. The maximum absolute atomic E-state index is 4.82. The van der Waals surface area contributed by atoms with Crippen LogP contribution >= 0.6 is 0 Å². The quantitative estimate of drug-likeness (QED) is 0.655. The third kappa shape index (κ3) is 4.37. The summed E-state index contributed by atoms with van der Waals surface area (Å²) in [5.41, 5.74) is 1.17. The van der Waals surface area contributed by atoms with Crippen molar-refractivity contribution < 1.29 is 0 Å². The van der Waals surface area contributed by atoms with E-state index < -0.39 is 0 Å². The molecule has 8 heteroatoms. The lowest BCUT2D eigenvalue weighted by Crippen LogP contribution is -2.43. The third-order valence-electron chi connectivity index (χ3n) is 4.78. The highest BCUT2D eigenvalue weighted by molar-refractivity contribution is 5.80. The normalized spacial score (nSPS) is 15.8. The summed E-state index contributed by atoms with van der Waals surface area (Å²) < 4.78 is 3.81. The Hall–Kier alpha value is -2.38. The Labute approximate surface area is 149 Å². The number of hydrogen-bond acceptors (Lipinski definition) is 4. The van der Waals surface area contributed by atoms with Gasteiger partial charge in [-0.05, 0) is 19.8 Å². The van der Waals surface area contributed by atoms with Gasteiger partial charge in [0.2, 0.25) is 0 Å². The summed E-state index contributed by atoms with van der Waals surface area (Å²) in [6.45, 7) is 3.24. The molecule has 2 heterocycles. The highest BCUT2D eigenvalue weighted by atomic mass is 15.3. The zero-order chi connectivity index (χ0) is 17.8. The fraction of sp³-hybridized carbons (Fsp3) is 0.647. The first-order valence-corrected chi connectivity index (χ1v) is 8.87. The molecule has 8 nitrogen and oxygen atoms in total. The third-order valence-corrected chi connectivity index (χ3v) is 4.78. The molecule has 0 amide bonds. The van der Waals surface area contributed by atoms with Crippen LogP contribution in [0.25, 0.3) is 0 Å². The summed E-state index contributed by atoms with van der Waals surface area (Å²) in [6.07, 6.45) is 8.94. The second-order valence-electron chi connectivity index (χ2n) is 6.87. The second-order valence-corrected chi connectivity index (χ2v) is 6.87. The van der Waals surface area contributed by atoms with Crippen molar-refractivity contribution in [3.05, 3.63) is 29.6 Å². The lowest BCUT2D eigenvalue weighted by atomic mass is 10.2. The van der Waals surface area contributed by atoms with Gasteiger partial charge in [-0.25, -0.2) is 4.99 Å². The van der Waals surface area contributed by atoms with Crippen LogP contribution in [0.1, 0.15) is 42.9 Å². The smallest absolute Gasteiger partial charge is 0.194 e. The molecule has 0 saturated heterocycles. The molecule has 136 valence electrons. The van der Waals surface area contributed by atoms with Crippen LogP contribution in [0.5, 0.6) is 0 Å². The first-order chi connectivity index (χ1) is 12.0. The summed E-state index contributed by atoms with van der Waals surface area (Å²) in [5, 5.41) is 16.2. The highest BCUT2D eigenvalue weighted by Crippen LogP contribution is 2.18. The van der Waals surface area contributed by atoms with Gasteiger partial charge < -0.3 is 14.8 Å². The predicted octanol–water partition coefficient (Wildman–Crippen LogP) is 1.38. The lowest BCUT2D eigenvalue weighted by Gasteiger charge is -2.25.